The first-order valence-corrected chi connectivity index (χ1v) is 3.92. The van der Waals surface area contributed by atoms with E-state index in [1.165, 1.54) is 6.07 Å². The number of hydrogen-bond donors (Lipinski definition) is 0. The molecular weight excluding hydrogens is 220 g/mol. The van der Waals surface area contributed by atoms with Crippen LogP contribution in [0.5, 0.6) is 0 Å². The first-order chi connectivity index (χ1) is 4.74. The van der Waals surface area contributed by atoms with Crippen LogP contribution in [-0.2, 0) is 5.88 Å². The molecular formula is C6H4BrClFN. The highest BCUT2D eigenvalue weighted by atomic mass is 79.9. The molecule has 0 unspecified atom stereocenters. The third-order valence-electron chi connectivity index (χ3n) is 1.01. The molecule has 0 atom stereocenters. The third kappa shape index (κ3) is 1.67. The Morgan fingerprint density at radius 1 is 1.70 bits per heavy atom. The van der Waals surface area contributed by atoms with Crippen molar-refractivity contribution < 1.29 is 4.39 Å². The van der Waals surface area contributed by atoms with Gasteiger partial charge in [0, 0.05) is 4.47 Å². The van der Waals surface area contributed by atoms with Gasteiger partial charge in [-0.25, -0.2) is 4.39 Å². The van der Waals surface area contributed by atoms with E-state index in [0.29, 0.717) is 16.0 Å². The van der Waals surface area contributed by atoms with Gasteiger partial charge in [-0.15, -0.1) is 11.6 Å². The summed E-state index contributed by atoms with van der Waals surface area (Å²) < 4.78 is 13.0. The van der Waals surface area contributed by atoms with E-state index in [9.17, 15) is 4.39 Å². The standard InChI is InChI=1S/C6H4BrClFN/c7-5-1-4(9)3-10-6(5)2-8/h1,3H,2H2. The number of aromatic nitrogens is 1. The van der Waals surface area contributed by atoms with Crippen LogP contribution < -0.4 is 0 Å². The second-order valence-corrected chi connectivity index (χ2v) is 2.84. The molecule has 10 heavy (non-hydrogen) atoms. The molecule has 0 spiro atoms. The monoisotopic (exact) mass is 223 g/mol. The van der Waals surface area contributed by atoms with Gasteiger partial charge in [-0.05, 0) is 22.0 Å². The number of pyridine rings is 1. The number of halogens is 3. The second kappa shape index (κ2) is 3.30. The fraction of sp³-hybridized carbons (Fsp3) is 0.167. The van der Waals surface area contributed by atoms with Crippen LogP contribution in [0.3, 0.4) is 0 Å². The van der Waals surface area contributed by atoms with Crippen LogP contribution in [0.1, 0.15) is 5.69 Å². The minimum Gasteiger partial charge on any atom is -0.256 e. The quantitative estimate of drug-likeness (QED) is 0.669. The van der Waals surface area contributed by atoms with Crippen molar-refractivity contribution >= 4 is 27.5 Å². The van der Waals surface area contributed by atoms with Gasteiger partial charge >= 0.3 is 0 Å². The zero-order valence-electron chi connectivity index (χ0n) is 4.94. The van der Waals surface area contributed by atoms with Crippen LogP contribution in [0, 0.1) is 5.82 Å². The highest BCUT2D eigenvalue weighted by Gasteiger charge is 1.99. The van der Waals surface area contributed by atoms with E-state index in [0.717, 1.165) is 6.20 Å². The van der Waals surface area contributed by atoms with Crippen molar-refractivity contribution in [3.8, 4) is 0 Å². The minimum absolute atomic E-state index is 0.293. The average Bonchev–Trinajstić information content (AvgIpc) is 1.88. The Morgan fingerprint density at radius 3 is 2.90 bits per heavy atom. The topological polar surface area (TPSA) is 12.9 Å². The van der Waals surface area contributed by atoms with Crippen molar-refractivity contribution in [2.45, 2.75) is 5.88 Å². The average molecular weight is 224 g/mol. The SMILES string of the molecule is Fc1cnc(CCl)c(Br)c1. The molecule has 0 amide bonds. The van der Waals surface area contributed by atoms with Crippen LogP contribution in [0.15, 0.2) is 16.7 Å². The Kier molecular flexibility index (Phi) is 2.63. The van der Waals surface area contributed by atoms with Crippen molar-refractivity contribution in [2.24, 2.45) is 0 Å². The van der Waals surface area contributed by atoms with Gasteiger partial charge in [0.2, 0.25) is 0 Å². The molecule has 0 saturated heterocycles. The van der Waals surface area contributed by atoms with E-state index in [4.69, 9.17) is 11.6 Å². The normalized spacial score (nSPS) is 9.90. The molecule has 0 aliphatic heterocycles. The third-order valence-corrected chi connectivity index (χ3v) is 1.95. The Hall–Kier alpha value is -0.150. The van der Waals surface area contributed by atoms with Crippen molar-refractivity contribution in [1.82, 2.24) is 4.98 Å². The van der Waals surface area contributed by atoms with Crippen LogP contribution >= 0.6 is 27.5 Å². The molecule has 4 heteroatoms. The zero-order valence-corrected chi connectivity index (χ0v) is 7.28. The lowest BCUT2D eigenvalue weighted by Crippen LogP contribution is -1.87. The number of alkyl halides is 1. The van der Waals surface area contributed by atoms with Gasteiger partial charge in [0.15, 0.2) is 0 Å². The first-order valence-electron chi connectivity index (χ1n) is 2.60. The fourth-order valence-electron chi connectivity index (χ4n) is 0.541. The van der Waals surface area contributed by atoms with Gasteiger partial charge in [0.05, 0.1) is 17.8 Å². The first kappa shape index (κ1) is 7.95. The summed E-state index contributed by atoms with van der Waals surface area (Å²) in [6.07, 6.45) is 1.14. The summed E-state index contributed by atoms with van der Waals surface area (Å²) in [5.41, 5.74) is 0.656. The van der Waals surface area contributed by atoms with Crippen LogP contribution in [0.25, 0.3) is 0 Å². The van der Waals surface area contributed by atoms with Crippen molar-refractivity contribution in [3.63, 3.8) is 0 Å². The molecule has 0 radical (unpaired) electrons. The van der Waals surface area contributed by atoms with E-state index in [-0.39, 0.29) is 5.82 Å². The highest BCUT2D eigenvalue weighted by Crippen LogP contribution is 2.16. The Balaban J connectivity index is 3.07. The Labute approximate surface area is 71.4 Å². The maximum atomic E-state index is 12.3. The van der Waals surface area contributed by atoms with E-state index < -0.39 is 0 Å². The lowest BCUT2D eigenvalue weighted by molar-refractivity contribution is 0.619. The Bertz CT molecular complexity index is 241. The summed E-state index contributed by atoms with van der Waals surface area (Å²) in [6, 6.07) is 1.34. The molecule has 54 valence electrons. The number of rotatable bonds is 1. The predicted octanol–water partition coefficient (Wildman–Crippen LogP) is 2.72. The van der Waals surface area contributed by atoms with Crippen molar-refractivity contribution in [2.75, 3.05) is 0 Å². The van der Waals surface area contributed by atoms with Crippen molar-refractivity contribution in [3.05, 3.63) is 28.2 Å². The molecule has 0 aliphatic carbocycles. The van der Waals surface area contributed by atoms with Gasteiger partial charge in [0.25, 0.3) is 0 Å². The largest absolute Gasteiger partial charge is 0.256 e. The maximum Gasteiger partial charge on any atom is 0.142 e. The predicted molar refractivity (Wildman–Crippen MR) is 41.5 cm³/mol. The van der Waals surface area contributed by atoms with E-state index in [1.807, 2.05) is 0 Å². The zero-order chi connectivity index (χ0) is 7.56. The molecule has 0 aromatic carbocycles. The summed E-state index contributed by atoms with van der Waals surface area (Å²) in [7, 11) is 0. The fourth-order valence-corrected chi connectivity index (χ4v) is 1.38. The molecule has 1 heterocycles. The van der Waals surface area contributed by atoms with E-state index in [2.05, 4.69) is 20.9 Å². The molecule has 1 nitrogen and oxygen atoms in total. The van der Waals surface area contributed by atoms with Gasteiger partial charge < -0.3 is 0 Å². The van der Waals surface area contributed by atoms with Gasteiger partial charge in [-0.3, -0.25) is 4.98 Å². The van der Waals surface area contributed by atoms with Crippen LogP contribution in [0.4, 0.5) is 4.39 Å². The molecule has 1 aromatic rings. The Morgan fingerprint density at radius 2 is 2.40 bits per heavy atom. The second-order valence-electron chi connectivity index (χ2n) is 1.72. The van der Waals surface area contributed by atoms with Gasteiger partial charge in [0.1, 0.15) is 5.82 Å². The molecule has 0 fully saturated rings. The summed E-state index contributed by atoms with van der Waals surface area (Å²) in [5.74, 6) is -0.0679. The summed E-state index contributed by atoms with van der Waals surface area (Å²) in [6.45, 7) is 0. The smallest absolute Gasteiger partial charge is 0.142 e. The van der Waals surface area contributed by atoms with E-state index >= 15 is 0 Å². The molecule has 0 N–H and O–H groups in total. The molecule has 0 bridgehead atoms. The van der Waals surface area contributed by atoms with Crippen LogP contribution in [-0.4, -0.2) is 4.98 Å². The lowest BCUT2D eigenvalue weighted by Gasteiger charge is -1.96. The molecule has 0 aliphatic rings. The van der Waals surface area contributed by atoms with Crippen LogP contribution in [0.2, 0.25) is 0 Å². The lowest BCUT2D eigenvalue weighted by atomic mass is 10.4. The van der Waals surface area contributed by atoms with Crippen molar-refractivity contribution in [1.29, 1.82) is 0 Å². The minimum atomic E-state index is -0.360. The van der Waals surface area contributed by atoms with Gasteiger partial charge in [-0.2, -0.15) is 0 Å². The summed E-state index contributed by atoms with van der Waals surface area (Å²) in [5, 5.41) is 0. The maximum absolute atomic E-state index is 12.3. The summed E-state index contributed by atoms with van der Waals surface area (Å²) in [4.78, 5) is 3.74. The molecule has 1 rings (SSSR count). The molecule has 0 saturated carbocycles. The molecule has 1 aromatic heterocycles. The number of nitrogens with zero attached hydrogens (tertiary/aromatic N) is 1. The summed E-state index contributed by atoms with van der Waals surface area (Å²) >= 11 is 8.59. The van der Waals surface area contributed by atoms with E-state index in [1.54, 1.807) is 0 Å². The number of hydrogen-bond acceptors (Lipinski definition) is 1. The van der Waals surface area contributed by atoms with Gasteiger partial charge in [-0.1, -0.05) is 0 Å². The highest BCUT2D eigenvalue weighted by molar-refractivity contribution is 9.10.